The SMILES string of the molecule is O=C(Cn1cccc2c(=O)n(Cc3cccnc3)c(=O)nc1-2)Nc1cccc(Cl)c1. The molecule has 3 heterocycles. The standard InChI is InChI=1S/C21H16ClN5O3/c22-15-5-1-6-16(10-15)24-18(28)13-26-9-3-7-17-19(26)25-21(30)27(20(17)29)12-14-4-2-8-23-11-14/h1-11H,12-13H2,(H,24,28). The lowest BCUT2D eigenvalue weighted by Crippen LogP contribution is -2.38. The zero-order chi connectivity index (χ0) is 21.1. The Morgan fingerprint density at radius 3 is 2.73 bits per heavy atom. The maximum Gasteiger partial charge on any atom is 0.352 e. The second-order valence-electron chi connectivity index (χ2n) is 6.58. The third kappa shape index (κ3) is 4.13. The van der Waals surface area contributed by atoms with Crippen LogP contribution in [-0.2, 0) is 17.9 Å². The Morgan fingerprint density at radius 1 is 1.10 bits per heavy atom. The summed E-state index contributed by atoms with van der Waals surface area (Å²) in [5.74, 6) is -0.195. The summed E-state index contributed by atoms with van der Waals surface area (Å²) in [4.78, 5) is 45.9. The Morgan fingerprint density at radius 2 is 1.97 bits per heavy atom. The van der Waals surface area contributed by atoms with Gasteiger partial charge in [-0.3, -0.25) is 19.1 Å². The first-order chi connectivity index (χ1) is 14.5. The number of nitrogens with one attached hydrogen (secondary N) is 1. The summed E-state index contributed by atoms with van der Waals surface area (Å²) in [7, 11) is 0. The molecule has 0 unspecified atom stereocenters. The molecule has 1 aromatic heterocycles. The van der Waals surface area contributed by atoms with Gasteiger partial charge in [0.2, 0.25) is 5.91 Å². The van der Waals surface area contributed by atoms with Crippen LogP contribution in [0, 0.1) is 0 Å². The Bertz CT molecular complexity index is 1300. The van der Waals surface area contributed by atoms with Gasteiger partial charge in [0.15, 0.2) is 5.82 Å². The lowest BCUT2D eigenvalue weighted by molar-refractivity contribution is -0.116. The van der Waals surface area contributed by atoms with E-state index in [1.165, 1.54) is 4.57 Å². The smallest absolute Gasteiger partial charge is 0.324 e. The van der Waals surface area contributed by atoms with E-state index in [1.807, 2.05) is 0 Å². The Balaban J connectivity index is 1.64. The van der Waals surface area contributed by atoms with Crippen LogP contribution < -0.4 is 16.6 Å². The number of benzene rings is 1. The van der Waals surface area contributed by atoms with Gasteiger partial charge in [-0.2, -0.15) is 4.98 Å². The molecule has 0 saturated carbocycles. The summed E-state index contributed by atoms with van der Waals surface area (Å²) >= 11 is 5.93. The topological polar surface area (TPSA) is 98.9 Å². The van der Waals surface area contributed by atoms with E-state index in [9.17, 15) is 14.4 Å². The molecule has 1 amide bonds. The highest BCUT2D eigenvalue weighted by molar-refractivity contribution is 6.30. The van der Waals surface area contributed by atoms with E-state index in [0.717, 1.165) is 4.57 Å². The molecule has 9 heteroatoms. The molecule has 150 valence electrons. The first-order valence-electron chi connectivity index (χ1n) is 9.05. The minimum absolute atomic E-state index is 0.0680. The van der Waals surface area contributed by atoms with Crippen LogP contribution >= 0.6 is 11.6 Å². The molecular formula is C21H16ClN5O3. The van der Waals surface area contributed by atoms with Crippen molar-refractivity contribution in [3.8, 4) is 11.4 Å². The molecule has 2 aromatic rings. The van der Waals surface area contributed by atoms with E-state index < -0.39 is 11.2 Å². The van der Waals surface area contributed by atoms with Crippen LogP contribution in [0.15, 0.2) is 76.7 Å². The number of fused-ring (bicyclic) bond motifs is 1. The molecule has 2 aliphatic rings. The van der Waals surface area contributed by atoms with Crippen LogP contribution in [-0.4, -0.2) is 25.0 Å². The molecular weight excluding hydrogens is 406 g/mol. The number of hydrogen-bond donors (Lipinski definition) is 1. The number of carbonyl (C=O) groups is 1. The fourth-order valence-corrected chi connectivity index (χ4v) is 3.27. The van der Waals surface area contributed by atoms with Gasteiger partial charge >= 0.3 is 5.69 Å². The summed E-state index contributed by atoms with van der Waals surface area (Å²) < 4.78 is 2.52. The number of rotatable bonds is 5. The number of nitrogens with zero attached hydrogens (tertiary/aromatic N) is 4. The van der Waals surface area contributed by atoms with Gasteiger partial charge in [0.05, 0.1) is 12.1 Å². The van der Waals surface area contributed by atoms with Crippen LogP contribution in [0.1, 0.15) is 5.56 Å². The minimum Gasteiger partial charge on any atom is -0.324 e. The van der Waals surface area contributed by atoms with Crippen molar-refractivity contribution >= 4 is 23.2 Å². The van der Waals surface area contributed by atoms with Crippen molar-refractivity contribution in [3.63, 3.8) is 0 Å². The lowest BCUT2D eigenvalue weighted by atomic mass is 10.2. The third-order valence-corrected chi connectivity index (χ3v) is 4.67. The summed E-state index contributed by atoms with van der Waals surface area (Å²) in [5, 5.41) is 3.23. The number of aromatic nitrogens is 4. The van der Waals surface area contributed by atoms with Gasteiger partial charge in [-0.1, -0.05) is 23.7 Å². The van der Waals surface area contributed by atoms with Crippen molar-refractivity contribution in [2.24, 2.45) is 0 Å². The second-order valence-corrected chi connectivity index (χ2v) is 7.02. The minimum atomic E-state index is -0.688. The Kier molecular flexibility index (Phi) is 5.40. The monoisotopic (exact) mass is 421 g/mol. The van der Waals surface area contributed by atoms with Crippen LogP contribution in [0.2, 0.25) is 5.02 Å². The maximum atomic E-state index is 12.9. The zero-order valence-electron chi connectivity index (χ0n) is 15.7. The van der Waals surface area contributed by atoms with Gasteiger partial charge in [0.25, 0.3) is 5.56 Å². The number of carbonyl (C=O) groups excluding carboxylic acids is 1. The summed E-state index contributed by atoms with van der Waals surface area (Å²) in [6.07, 6.45) is 4.79. The molecule has 0 aliphatic carbocycles. The zero-order valence-corrected chi connectivity index (χ0v) is 16.4. The fourth-order valence-electron chi connectivity index (χ4n) is 3.08. The molecule has 0 radical (unpaired) electrons. The maximum absolute atomic E-state index is 12.9. The number of amides is 1. The van der Waals surface area contributed by atoms with Gasteiger partial charge in [-0.15, -0.1) is 0 Å². The number of anilines is 1. The van der Waals surface area contributed by atoms with E-state index in [0.29, 0.717) is 16.3 Å². The predicted molar refractivity (Wildman–Crippen MR) is 113 cm³/mol. The molecule has 0 spiro atoms. The van der Waals surface area contributed by atoms with Crippen molar-refractivity contribution in [2.75, 3.05) is 5.32 Å². The van der Waals surface area contributed by atoms with Crippen molar-refractivity contribution in [1.82, 2.24) is 19.1 Å². The largest absolute Gasteiger partial charge is 0.352 e. The molecule has 1 N–H and O–H groups in total. The lowest BCUT2D eigenvalue weighted by Gasteiger charge is -2.15. The van der Waals surface area contributed by atoms with E-state index in [1.54, 1.807) is 67.1 Å². The van der Waals surface area contributed by atoms with Crippen LogP contribution in [0.4, 0.5) is 5.69 Å². The van der Waals surface area contributed by atoms with Crippen molar-refractivity contribution in [1.29, 1.82) is 0 Å². The highest BCUT2D eigenvalue weighted by Crippen LogP contribution is 2.16. The summed E-state index contributed by atoms with van der Waals surface area (Å²) in [6.45, 7) is -0.0546. The molecule has 0 atom stereocenters. The second kappa shape index (κ2) is 8.30. The third-order valence-electron chi connectivity index (χ3n) is 4.44. The van der Waals surface area contributed by atoms with Gasteiger partial charge in [0.1, 0.15) is 6.54 Å². The molecule has 8 nitrogen and oxygen atoms in total. The average molecular weight is 422 g/mol. The van der Waals surface area contributed by atoms with E-state index in [-0.39, 0.29) is 30.4 Å². The number of hydrogen-bond acceptors (Lipinski definition) is 5. The highest BCUT2D eigenvalue weighted by atomic mass is 35.5. The first-order valence-corrected chi connectivity index (χ1v) is 9.43. The van der Waals surface area contributed by atoms with E-state index >= 15 is 0 Å². The van der Waals surface area contributed by atoms with E-state index in [4.69, 9.17) is 11.6 Å². The Hall–Kier alpha value is -3.78. The van der Waals surface area contributed by atoms with Crippen LogP contribution in [0.3, 0.4) is 0 Å². The van der Waals surface area contributed by atoms with Gasteiger partial charge in [0, 0.05) is 29.3 Å². The normalized spacial score (nSPS) is 10.8. The molecule has 4 rings (SSSR count). The molecule has 1 aromatic carbocycles. The number of halogens is 1. The van der Waals surface area contributed by atoms with Crippen LogP contribution in [0.5, 0.6) is 0 Å². The number of pyridine rings is 2. The van der Waals surface area contributed by atoms with E-state index in [2.05, 4.69) is 15.3 Å². The van der Waals surface area contributed by atoms with Gasteiger partial charge < -0.3 is 9.88 Å². The summed E-state index contributed by atoms with van der Waals surface area (Å²) in [6, 6.07) is 13.5. The average Bonchev–Trinajstić information content (AvgIpc) is 2.72. The van der Waals surface area contributed by atoms with Crippen LogP contribution in [0.25, 0.3) is 11.4 Å². The first kappa shape index (κ1) is 19.5. The molecule has 0 bridgehead atoms. The highest BCUT2D eigenvalue weighted by Gasteiger charge is 2.18. The molecule has 0 saturated heterocycles. The summed E-state index contributed by atoms with van der Waals surface area (Å²) in [5.41, 5.74) is 0.341. The fraction of sp³-hybridized carbons (Fsp3) is 0.0952. The quantitative estimate of drug-likeness (QED) is 0.533. The molecule has 2 aliphatic heterocycles. The van der Waals surface area contributed by atoms with Crippen molar-refractivity contribution in [3.05, 3.63) is 98.5 Å². The predicted octanol–water partition coefficient (Wildman–Crippen LogP) is 2.25. The molecule has 0 fully saturated rings. The van der Waals surface area contributed by atoms with Crippen molar-refractivity contribution in [2.45, 2.75) is 13.1 Å². The van der Waals surface area contributed by atoms with Gasteiger partial charge in [-0.25, -0.2) is 4.79 Å². The Labute approximate surface area is 175 Å². The van der Waals surface area contributed by atoms with Crippen molar-refractivity contribution < 1.29 is 4.79 Å². The van der Waals surface area contributed by atoms with Gasteiger partial charge in [-0.05, 0) is 42.0 Å². The molecule has 30 heavy (non-hydrogen) atoms.